The maximum absolute atomic E-state index is 12.6. The van der Waals surface area contributed by atoms with Gasteiger partial charge in [-0.25, -0.2) is 0 Å². The molecule has 0 unspecified atom stereocenters. The minimum Gasteiger partial charge on any atom is -0.341 e. The lowest BCUT2D eigenvalue weighted by atomic mass is 10.1. The van der Waals surface area contributed by atoms with Crippen molar-refractivity contribution in [2.24, 2.45) is 0 Å². The number of fused-ring (bicyclic) bond motifs is 1. The summed E-state index contributed by atoms with van der Waals surface area (Å²) in [7, 11) is 0. The number of halogens is 1. The van der Waals surface area contributed by atoms with E-state index in [2.05, 4.69) is 21.9 Å². The number of aromatic nitrogens is 1. The van der Waals surface area contributed by atoms with Crippen LogP contribution in [0.5, 0.6) is 0 Å². The summed E-state index contributed by atoms with van der Waals surface area (Å²) in [6.07, 6.45) is 10.9. The van der Waals surface area contributed by atoms with Gasteiger partial charge in [0.1, 0.15) is 6.54 Å². The number of imide groups is 1. The topological polar surface area (TPSA) is 62.6 Å². The van der Waals surface area contributed by atoms with Crippen LogP contribution >= 0.6 is 27.7 Å². The standard InChI is InChI=1S/C21H18BrN3O3S/c1-2-7-25-20(27)18(29-21(25)28)10-14-12-24(13-19(26)23-8-3-4-9-23)17-6-5-15(22)11-16(14)17/h1,5-6,10-12H,3-4,7-9,13H2/b18-10-. The minimum absolute atomic E-state index is 0.0420. The Morgan fingerprint density at radius 2 is 2.03 bits per heavy atom. The van der Waals surface area contributed by atoms with Gasteiger partial charge in [-0.05, 0) is 48.9 Å². The quantitative estimate of drug-likeness (QED) is 0.503. The van der Waals surface area contributed by atoms with Gasteiger partial charge in [0.2, 0.25) is 5.91 Å². The molecule has 3 amide bonds. The number of likely N-dealkylation sites (tertiary alicyclic amines) is 1. The Bertz CT molecular complexity index is 1090. The van der Waals surface area contributed by atoms with E-state index in [0.29, 0.717) is 4.91 Å². The Morgan fingerprint density at radius 1 is 1.28 bits per heavy atom. The Balaban J connectivity index is 1.70. The molecule has 2 aliphatic heterocycles. The Hall–Kier alpha value is -2.50. The third kappa shape index (κ3) is 3.85. The number of terminal acetylenes is 1. The highest BCUT2D eigenvalue weighted by Crippen LogP contribution is 2.34. The second kappa shape index (κ2) is 8.09. The van der Waals surface area contributed by atoms with Crippen molar-refractivity contribution in [3.63, 3.8) is 0 Å². The summed E-state index contributed by atoms with van der Waals surface area (Å²) in [5.41, 5.74) is 1.68. The first kappa shape index (κ1) is 19.8. The van der Waals surface area contributed by atoms with E-state index in [1.807, 2.05) is 33.9 Å². The molecular formula is C21H18BrN3O3S. The van der Waals surface area contributed by atoms with E-state index in [9.17, 15) is 14.4 Å². The second-order valence-corrected chi connectivity index (χ2v) is 8.84. The summed E-state index contributed by atoms with van der Waals surface area (Å²) in [6, 6.07) is 5.81. The number of nitrogens with zero attached hydrogens (tertiary/aromatic N) is 3. The van der Waals surface area contributed by atoms with Gasteiger partial charge in [0, 0.05) is 40.2 Å². The third-order valence-electron chi connectivity index (χ3n) is 5.05. The van der Waals surface area contributed by atoms with Gasteiger partial charge in [-0.15, -0.1) is 6.42 Å². The highest BCUT2D eigenvalue weighted by Gasteiger charge is 2.34. The first-order valence-corrected chi connectivity index (χ1v) is 10.8. The van der Waals surface area contributed by atoms with E-state index in [1.54, 1.807) is 6.08 Å². The average molecular weight is 472 g/mol. The molecule has 1 aromatic carbocycles. The molecular weight excluding hydrogens is 454 g/mol. The molecule has 0 radical (unpaired) electrons. The lowest BCUT2D eigenvalue weighted by Gasteiger charge is -2.16. The van der Waals surface area contributed by atoms with Crippen LogP contribution in [0.2, 0.25) is 0 Å². The van der Waals surface area contributed by atoms with Crippen molar-refractivity contribution in [2.45, 2.75) is 19.4 Å². The van der Waals surface area contributed by atoms with Crippen molar-refractivity contribution in [3.8, 4) is 12.3 Å². The zero-order valence-electron chi connectivity index (χ0n) is 15.6. The van der Waals surface area contributed by atoms with Gasteiger partial charge in [0.25, 0.3) is 11.1 Å². The van der Waals surface area contributed by atoms with E-state index in [0.717, 1.165) is 63.5 Å². The molecule has 0 saturated carbocycles. The first-order valence-electron chi connectivity index (χ1n) is 9.23. The summed E-state index contributed by atoms with van der Waals surface area (Å²) in [5, 5.41) is 0.533. The largest absolute Gasteiger partial charge is 0.341 e. The highest BCUT2D eigenvalue weighted by atomic mass is 79.9. The molecule has 2 aromatic rings. The number of carbonyl (C=O) groups excluding carboxylic acids is 3. The minimum atomic E-state index is -0.387. The third-order valence-corrected chi connectivity index (χ3v) is 6.45. The molecule has 29 heavy (non-hydrogen) atoms. The van der Waals surface area contributed by atoms with Crippen LogP contribution in [0.1, 0.15) is 18.4 Å². The van der Waals surface area contributed by atoms with Gasteiger partial charge in [0.15, 0.2) is 0 Å². The molecule has 3 heterocycles. The molecule has 2 saturated heterocycles. The lowest BCUT2D eigenvalue weighted by molar-refractivity contribution is -0.130. The molecule has 0 aliphatic carbocycles. The molecule has 0 bridgehead atoms. The van der Waals surface area contributed by atoms with Crippen LogP contribution in [0, 0.1) is 12.3 Å². The first-order chi connectivity index (χ1) is 14.0. The fraction of sp³-hybridized carbons (Fsp3) is 0.286. The van der Waals surface area contributed by atoms with Gasteiger partial charge in [0.05, 0.1) is 11.4 Å². The van der Waals surface area contributed by atoms with Crippen molar-refractivity contribution in [1.82, 2.24) is 14.4 Å². The number of hydrogen-bond acceptors (Lipinski definition) is 4. The summed E-state index contributed by atoms with van der Waals surface area (Å²) >= 11 is 4.36. The fourth-order valence-electron chi connectivity index (χ4n) is 3.62. The van der Waals surface area contributed by atoms with Crippen LogP contribution in [0.25, 0.3) is 17.0 Å². The van der Waals surface area contributed by atoms with Crippen molar-refractivity contribution in [3.05, 3.63) is 39.3 Å². The van der Waals surface area contributed by atoms with Crippen molar-refractivity contribution < 1.29 is 14.4 Å². The van der Waals surface area contributed by atoms with Crippen molar-refractivity contribution >= 4 is 61.7 Å². The van der Waals surface area contributed by atoms with E-state index in [-0.39, 0.29) is 30.1 Å². The number of hydrogen-bond donors (Lipinski definition) is 0. The normalized spacial score (nSPS) is 18.3. The Kier molecular flexibility index (Phi) is 5.52. The van der Waals surface area contributed by atoms with Crippen LogP contribution in [-0.4, -0.2) is 51.1 Å². The molecule has 0 N–H and O–H groups in total. The highest BCUT2D eigenvalue weighted by molar-refractivity contribution is 9.10. The van der Waals surface area contributed by atoms with E-state index in [4.69, 9.17) is 6.42 Å². The molecule has 1 aromatic heterocycles. The second-order valence-electron chi connectivity index (χ2n) is 6.93. The van der Waals surface area contributed by atoms with Crippen LogP contribution in [-0.2, 0) is 16.1 Å². The molecule has 6 nitrogen and oxygen atoms in total. The summed E-state index contributed by atoms with van der Waals surface area (Å²) in [5.74, 6) is 2.03. The van der Waals surface area contributed by atoms with Crippen LogP contribution in [0.3, 0.4) is 0 Å². The number of amides is 3. The van der Waals surface area contributed by atoms with Crippen LogP contribution in [0.4, 0.5) is 4.79 Å². The molecule has 0 spiro atoms. The van der Waals surface area contributed by atoms with Crippen molar-refractivity contribution in [2.75, 3.05) is 19.6 Å². The van der Waals surface area contributed by atoms with Gasteiger partial charge in [-0.2, -0.15) is 0 Å². The molecule has 2 fully saturated rings. The number of benzene rings is 1. The Labute approximate surface area is 181 Å². The zero-order valence-corrected chi connectivity index (χ0v) is 18.0. The monoisotopic (exact) mass is 471 g/mol. The molecule has 2 aliphatic rings. The van der Waals surface area contributed by atoms with Crippen molar-refractivity contribution in [1.29, 1.82) is 0 Å². The van der Waals surface area contributed by atoms with Gasteiger partial charge in [-0.1, -0.05) is 21.9 Å². The van der Waals surface area contributed by atoms with E-state index < -0.39 is 0 Å². The molecule has 4 rings (SSSR count). The van der Waals surface area contributed by atoms with E-state index in [1.165, 1.54) is 0 Å². The van der Waals surface area contributed by atoms with E-state index >= 15 is 0 Å². The van der Waals surface area contributed by atoms with Crippen LogP contribution < -0.4 is 0 Å². The van der Waals surface area contributed by atoms with Gasteiger partial charge < -0.3 is 9.47 Å². The predicted octanol–water partition coefficient (Wildman–Crippen LogP) is 3.70. The smallest absolute Gasteiger partial charge is 0.294 e. The maximum atomic E-state index is 12.6. The zero-order chi connectivity index (χ0) is 20.5. The summed E-state index contributed by atoms with van der Waals surface area (Å²) < 4.78 is 2.80. The van der Waals surface area contributed by atoms with Gasteiger partial charge in [-0.3, -0.25) is 19.3 Å². The molecule has 8 heteroatoms. The van der Waals surface area contributed by atoms with Gasteiger partial charge >= 0.3 is 0 Å². The Morgan fingerprint density at radius 3 is 2.76 bits per heavy atom. The number of carbonyl (C=O) groups is 3. The molecule has 148 valence electrons. The predicted molar refractivity (Wildman–Crippen MR) is 117 cm³/mol. The summed E-state index contributed by atoms with van der Waals surface area (Å²) in [6.45, 7) is 1.81. The average Bonchev–Trinajstić information content (AvgIpc) is 3.39. The number of rotatable bonds is 4. The lowest BCUT2D eigenvalue weighted by Crippen LogP contribution is -2.30. The van der Waals surface area contributed by atoms with Crippen LogP contribution in [0.15, 0.2) is 33.8 Å². The molecule has 0 atom stereocenters. The SMILES string of the molecule is C#CCN1C(=O)S/C(=C\c2cn(CC(=O)N3CCCC3)c3ccc(Br)cc23)C1=O. The maximum Gasteiger partial charge on any atom is 0.294 e. The number of thioether (sulfide) groups is 1. The fourth-order valence-corrected chi connectivity index (χ4v) is 4.81. The summed E-state index contributed by atoms with van der Waals surface area (Å²) in [4.78, 5) is 40.5.